The Morgan fingerprint density at radius 3 is 2.33 bits per heavy atom. The Bertz CT molecular complexity index is 430. The molecule has 1 rings (SSSR count). The first-order chi connectivity index (χ1) is 10.2. The standard InChI is InChI=1S/C14H26N6O/c1-4-19(5-2)8-7-9-20(6-3)13-11-16-12(10-17-13)14(15)18-21/h10-11,21H,4-9H2,1-3H3,(H2,15,18). The molecule has 0 bridgehead atoms. The summed E-state index contributed by atoms with van der Waals surface area (Å²) >= 11 is 0. The predicted octanol–water partition coefficient (Wildman–Crippen LogP) is 1.13. The molecule has 7 nitrogen and oxygen atoms in total. The van der Waals surface area contributed by atoms with Crippen molar-refractivity contribution in [1.29, 1.82) is 0 Å². The highest BCUT2D eigenvalue weighted by atomic mass is 16.4. The van der Waals surface area contributed by atoms with E-state index in [0.29, 0.717) is 5.69 Å². The molecule has 0 radical (unpaired) electrons. The quantitative estimate of drug-likeness (QED) is 0.307. The van der Waals surface area contributed by atoms with E-state index in [9.17, 15) is 0 Å². The summed E-state index contributed by atoms with van der Waals surface area (Å²) in [6.07, 6.45) is 4.27. The molecule has 0 fully saturated rings. The third-order valence-corrected chi connectivity index (χ3v) is 3.51. The van der Waals surface area contributed by atoms with Gasteiger partial charge in [-0.3, -0.25) is 0 Å². The van der Waals surface area contributed by atoms with Crippen LogP contribution in [-0.4, -0.2) is 58.6 Å². The highest BCUT2D eigenvalue weighted by Crippen LogP contribution is 2.09. The van der Waals surface area contributed by atoms with Crippen LogP contribution in [0.5, 0.6) is 0 Å². The smallest absolute Gasteiger partial charge is 0.190 e. The maximum Gasteiger partial charge on any atom is 0.190 e. The van der Waals surface area contributed by atoms with Gasteiger partial charge in [-0.15, -0.1) is 0 Å². The first-order valence-corrected chi connectivity index (χ1v) is 7.43. The molecule has 0 atom stereocenters. The molecule has 0 aliphatic heterocycles. The third kappa shape index (κ3) is 5.18. The van der Waals surface area contributed by atoms with E-state index >= 15 is 0 Å². The van der Waals surface area contributed by atoms with E-state index in [1.165, 1.54) is 6.20 Å². The molecular formula is C14H26N6O. The highest BCUT2D eigenvalue weighted by Gasteiger charge is 2.09. The van der Waals surface area contributed by atoms with Gasteiger partial charge in [0.25, 0.3) is 0 Å². The number of amidine groups is 1. The van der Waals surface area contributed by atoms with Gasteiger partial charge in [0.2, 0.25) is 0 Å². The van der Waals surface area contributed by atoms with E-state index in [1.807, 2.05) is 0 Å². The molecule has 1 heterocycles. The Hall–Kier alpha value is -1.89. The van der Waals surface area contributed by atoms with Crippen LogP contribution in [0.4, 0.5) is 5.82 Å². The van der Waals surface area contributed by atoms with Gasteiger partial charge < -0.3 is 20.7 Å². The van der Waals surface area contributed by atoms with Crippen molar-refractivity contribution in [1.82, 2.24) is 14.9 Å². The summed E-state index contributed by atoms with van der Waals surface area (Å²) in [6, 6.07) is 0. The van der Waals surface area contributed by atoms with Gasteiger partial charge in [0.1, 0.15) is 11.5 Å². The van der Waals surface area contributed by atoms with Crippen molar-refractivity contribution in [2.75, 3.05) is 37.6 Å². The number of nitrogens with zero attached hydrogens (tertiary/aromatic N) is 5. The first-order valence-electron chi connectivity index (χ1n) is 7.43. The van der Waals surface area contributed by atoms with Gasteiger partial charge in [-0.25, -0.2) is 9.97 Å². The number of anilines is 1. The summed E-state index contributed by atoms with van der Waals surface area (Å²) in [4.78, 5) is 13.1. The van der Waals surface area contributed by atoms with Crippen LogP contribution >= 0.6 is 0 Å². The fourth-order valence-corrected chi connectivity index (χ4v) is 2.13. The maximum atomic E-state index is 8.61. The average molecular weight is 294 g/mol. The van der Waals surface area contributed by atoms with Crippen LogP contribution in [0.15, 0.2) is 17.5 Å². The monoisotopic (exact) mass is 294 g/mol. The topological polar surface area (TPSA) is 90.9 Å². The summed E-state index contributed by atoms with van der Waals surface area (Å²) in [6.45, 7) is 11.5. The van der Waals surface area contributed by atoms with E-state index in [2.05, 4.69) is 45.7 Å². The number of aromatic nitrogens is 2. The van der Waals surface area contributed by atoms with Crippen LogP contribution in [0.2, 0.25) is 0 Å². The van der Waals surface area contributed by atoms with Crippen LogP contribution in [-0.2, 0) is 0 Å². The van der Waals surface area contributed by atoms with Crippen molar-refractivity contribution in [2.24, 2.45) is 10.9 Å². The van der Waals surface area contributed by atoms with E-state index < -0.39 is 0 Å². The largest absolute Gasteiger partial charge is 0.409 e. The minimum Gasteiger partial charge on any atom is -0.409 e. The zero-order valence-corrected chi connectivity index (χ0v) is 13.2. The molecule has 0 saturated carbocycles. The van der Waals surface area contributed by atoms with Crippen LogP contribution in [0.1, 0.15) is 32.9 Å². The molecule has 0 saturated heterocycles. The second-order valence-electron chi connectivity index (χ2n) is 4.71. The molecule has 118 valence electrons. The Morgan fingerprint density at radius 1 is 1.14 bits per heavy atom. The van der Waals surface area contributed by atoms with Crippen LogP contribution in [0.3, 0.4) is 0 Å². The maximum absolute atomic E-state index is 8.61. The minimum absolute atomic E-state index is 0.0290. The summed E-state index contributed by atoms with van der Waals surface area (Å²) in [5, 5.41) is 11.5. The van der Waals surface area contributed by atoms with Crippen LogP contribution < -0.4 is 10.6 Å². The third-order valence-electron chi connectivity index (χ3n) is 3.51. The zero-order chi connectivity index (χ0) is 15.7. The summed E-state index contributed by atoms with van der Waals surface area (Å²) < 4.78 is 0. The van der Waals surface area contributed by atoms with Crippen molar-refractivity contribution >= 4 is 11.7 Å². The van der Waals surface area contributed by atoms with E-state index in [0.717, 1.165) is 45.0 Å². The van der Waals surface area contributed by atoms with Crippen LogP contribution in [0, 0.1) is 0 Å². The van der Waals surface area contributed by atoms with Crippen molar-refractivity contribution in [3.05, 3.63) is 18.1 Å². The van der Waals surface area contributed by atoms with Crippen molar-refractivity contribution in [2.45, 2.75) is 27.2 Å². The number of nitrogens with two attached hydrogens (primary N) is 1. The molecule has 0 unspecified atom stereocenters. The number of rotatable bonds is 9. The SMILES string of the molecule is CCN(CC)CCCN(CC)c1cnc(C(N)=NO)cn1. The van der Waals surface area contributed by atoms with E-state index in [4.69, 9.17) is 10.9 Å². The van der Waals surface area contributed by atoms with Crippen molar-refractivity contribution < 1.29 is 5.21 Å². The Labute approximate surface area is 126 Å². The van der Waals surface area contributed by atoms with Gasteiger partial charge in [0.05, 0.1) is 12.4 Å². The van der Waals surface area contributed by atoms with Gasteiger partial charge in [0.15, 0.2) is 5.84 Å². The molecule has 7 heteroatoms. The molecule has 3 N–H and O–H groups in total. The lowest BCUT2D eigenvalue weighted by Crippen LogP contribution is -2.30. The highest BCUT2D eigenvalue weighted by molar-refractivity contribution is 5.94. The minimum atomic E-state index is -0.0290. The van der Waals surface area contributed by atoms with E-state index in [-0.39, 0.29) is 5.84 Å². The molecule has 0 amide bonds. The normalized spacial score (nSPS) is 11.9. The van der Waals surface area contributed by atoms with Gasteiger partial charge in [-0.05, 0) is 33.0 Å². The summed E-state index contributed by atoms with van der Waals surface area (Å²) in [5.74, 6) is 0.783. The average Bonchev–Trinajstić information content (AvgIpc) is 2.55. The first kappa shape index (κ1) is 17.2. The fourth-order valence-electron chi connectivity index (χ4n) is 2.13. The molecule has 0 spiro atoms. The van der Waals surface area contributed by atoms with Crippen molar-refractivity contribution in [3.63, 3.8) is 0 Å². The summed E-state index contributed by atoms with van der Waals surface area (Å²) in [5.41, 5.74) is 5.85. The molecule has 0 aliphatic carbocycles. The number of oxime groups is 1. The fraction of sp³-hybridized carbons (Fsp3) is 0.643. The zero-order valence-electron chi connectivity index (χ0n) is 13.2. The molecule has 0 aromatic carbocycles. The summed E-state index contributed by atoms with van der Waals surface area (Å²) in [7, 11) is 0. The molecule has 1 aromatic rings. The Morgan fingerprint density at radius 2 is 1.86 bits per heavy atom. The lowest BCUT2D eigenvalue weighted by atomic mass is 10.3. The van der Waals surface area contributed by atoms with Gasteiger partial charge in [-0.2, -0.15) is 0 Å². The molecule has 21 heavy (non-hydrogen) atoms. The van der Waals surface area contributed by atoms with E-state index in [1.54, 1.807) is 6.20 Å². The van der Waals surface area contributed by atoms with Gasteiger partial charge in [-0.1, -0.05) is 19.0 Å². The molecule has 1 aromatic heterocycles. The predicted molar refractivity (Wildman–Crippen MR) is 84.8 cm³/mol. The van der Waals surface area contributed by atoms with Gasteiger partial charge in [0, 0.05) is 13.1 Å². The van der Waals surface area contributed by atoms with Gasteiger partial charge >= 0.3 is 0 Å². The lowest BCUT2D eigenvalue weighted by Gasteiger charge is -2.24. The second-order valence-corrected chi connectivity index (χ2v) is 4.71. The Kier molecular flexibility index (Phi) is 7.45. The molecule has 0 aliphatic rings. The lowest BCUT2D eigenvalue weighted by molar-refractivity contribution is 0.300. The number of hydrogen-bond acceptors (Lipinski definition) is 6. The van der Waals surface area contributed by atoms with Crippen molar-refractivity contribution in [3.8, 4) is 0 Å². The van der Waals surface area contributed by atoms with Crippen LogP contribution in [0.25, 0.3) is 0 Å². The second kappa shape index (κ2) is 9.12. The Balaban J connectivity index is 2.59. The number of hydrogen-bond donors (Lipinski definition) is 2. The molecular weight excluding hydrogens is 268 g/mol.